The maximum Gasteiger partial charge on any atom is 0.191 e. The summed E-state index contributed by atoms with van der Waals surface area (Å²) in [6, 6.07) is 7.09. The van der Waals surface area contributed by atoms with Gasteiger partial charge in [0.2, 0.25) is 0 Å². The Morgan fingerprint density at radius 1 is 1.35 bits per heavy atom. The van der Waals surface area contributed by atoms with E-state index in [1.54, 1.807) is 0 Å². The highest BCUT2D eigenvalue weighted by molar-refractivity contribution is 14.0. The molecule has 6 heteroatoms. The van der Waals surface area contributed by atoms with E-state index < -0.39 is 0 Å². The summed E-state index contributed by atoms with van der Waals surface area (Å²) in [7, 11) is 0. The minimum atomic E-state index is 0. The third-order valence-electron chi connectivity index (χ3n) is 4.07. The van der Waals surface area contributed by atoms with Crippen LogP contribution in [0.15, 0.2) is 29.4 Å². The molecule has 1 aliphatic heterocycles. The Bertz CT molecular complexity index is 455. The van der Waals surface area contributed by atoms with Crippen molar-refractivity contribution >= 4 is 29.9 Å². The molecule has 23 heavy (non-hydrogen) atoms. The number of rotatable bonds is 5. The molecule has 1 aromatic rings. The van der Waals surface area contributed by atoms with Gasteiger partial charge in [0.05, 0.1) is 12.2 Å². The van der Waals surface area contributed by atoms with E-state index in [1.807, 2.05) is 24.4 Å². The van der Waals surface area contributed by atoms with Crippen molar-refractivity contribution in [1.29, 1.82) is 0 Å². The summed E-state index contributed by atoms with van der Waals surface area (Å²) in [4.78, 5) is 11.5. The Kier molecular flexibility index (Phi) is 9.47. The zero-order valence-electron chi connectivity index (χ0n) is 14.5. The molecule has 0 aromatic carbocycles. The average Bonchev–Trinajstić information content (AvgIpc) is 2.54. The maximum atomic E-state index is 4.65. The minimum absolute atomic E-state index is 0. The maximum absolute atomic E-state index is 4.65. The number of aliphatic imine (C=N–C) groups is 1. The fourth-order valence-corrected chi connectivity index (χ4v) is 2.73. The van der Waals surface area contributed by atoms with E-state index in [0.717, 1.165) is 31.3 Å². The van der Waals surface area contributed by atoms with E-state index in [1.165, 1.54) is 12.8 Å². The fourth-order valence-electron chi connectivity index (χ4n) is 2.73. The van der Waals surface area contributed by atoms with Gasteiger partial charge in [-0.1, -0.05) is 6.07 Å². The molecule has 1 aliphatic rings. The van der Waals surface area contributed by atoms with Crippen LogP contribution >= 0.6 is 24.0 Å². The monoisotopic (exact) mass is 431 g/mol. The number of likely N-dealkylation sites (tertiary alicyclic amines) is 1. The van der Waals surface area contributed by atoms with Crippen molar-refractivity contribution in [1.82, 2.24) is 20.5 Å². The number of piperidine rings is 1. The quantitative estimate of drug-likeness (QED) is 0.428. The van der Waals surface area contributed by atoms with Crippen LogP contribution in [0.4, 0.5) is 0 Å². The van der Waals surface area contributed by atoms with Gasteiger partial charge in [-0.25, -0.2) is 4.99 Å². The highest BCUT2D eigenvalue weighted by atomic mass is 127. The Hall–Kier alpha value is -0.890. The molecule has 1 aromatic heterocycles. The van der Waals surface area contributed by atoms with Crippen molar-refractivity contribution in [2.75, 3.05) is 19.6 Å². The lowest BCUT2D eigenvalue weighted by atomic mass is 10.0. The lowest BCUT2D eigenvalue weighted by molar-refractivity contribution is 0.167. The Morgan fingerprint density at radius 3 is 2.65 bits per heavy atom. The molecule has 0 spiro atoms. The van der Waals surface area contributed by atoms with Crippen LogP contribution in [-0.2, 0) is 6.54 Å². The molecule has 2 N–H and O–H groups in total. The van der Waals surface area contributed by atoms with Crippen molar-refractivity contribution in [3.05, 3.63) is 30.1 Å². The molecule has 0 amide bonds. The van der Waals surface area contributed by atoms with E-state index in [9.17, 15) is 0 Å². The number of nitrogens with one attached hydrogen (secondary N) is 2. The van der Waals surface area contributed by atoms with Crippen molar-refractivity contribution in [2.45, 2.75) is 52.2 Å². The van der Waals surface area contributed by atoms with Gasteiger partial charge >= 0.3 is 0 Å². The van der Waals surface area contributed by atoms with Crippen molar-refractivity contribution in [3.8, 4) is 0 Å². The predicted octanol–water partition coefficient (Wildman–Crippen LogP) is 2.63. The van der Waals surface area contributed by atoms with Crippen molar-refractivity contribution in [3.63, 3.8) is 0 Å². The van der Waals surface area contributed by atoms with Gasteiger partial charge in [-0.2, -0.15) is 0 Å². The molecule has 0 aliphatic carbocycles. The summed E-state index contributed by atoms with van der Waals surface area (Å²) in [5, 5.41) is 6.90. The normalized spacial score (nSPS) is 17.0. The van der Waals surface area contributed by atoms with Gasteiger partial charge in [-0.3, -0.25) is 4.98 Å². The summed E-state index contributed by atoms with van der Waals surface area (Å²) in [5.74, 6) is 0.899. The van der Waals surface area contributed by atoms with Crippen LogP contribution in [0, 0.1) is 0 Å². The number of guanidine groups is 1. The third kappa shape index (κ3) is 7.03. The van der Waals surface area contributed by atoms with Gasteiger partial charge in [0.25, 0.3) is 0 Å². The molecule has 0 bridgehead atoms. The second kappa shape index (κ2) is 10.8. The van der Waals surface area contributed by atoms with Crippen molar-refractivity contribution < 1.29 is 0 Å². The first-order chi connectivity index (χ1) is 10.7. The van der Waals surface area contributed by atoms with Gasteiger partial charge in [-0.05, 0) is 45.7 Å². The molecule has 0 atom stereocenters. The van der Waals surface area contributed by atoms with E-state index in [0.29, 0.717) is 18.6 Å². The molecule has 0 radical (unpaired) electrons. The summed E-state index contributed by atoms with van der Waals surface area (Å²) in [5.41, 5.74) is 0.995. The molecule has 2 rings (SSSR count). The molecule has 1 saturated heterocycles. The topological polar surface area (TPSA) is 52.6 Å². The lowest BCUT2D eigenvalue weighted by Gasteiger charge is -2.35. The zero-order valence-corrected chi connectivity index (χ0v) is 16.8. The Morgan fingerprint density at radius 2 is 2.09 bits per heavy atom. The van der Waals surface area contributed by atoms with E-state index >= 15 is 0 Å². The second-order valence-corrected chi connectivity index (χ2v) is 6.06. The molecule has 0 unspecified atom stereocenters. The summed E-state index contributed by atoms with van der Waals surface area (Å²) >= 11 is 0. The predicted molar refractivity (Wildman–Crippen MR) is 107 cm³/mol. The van der Waals surface area contributed by atoms with Gasteiger partial charge in [0.15, 0.2) is 5.96 Å². The number of halogens is 1. The van der Waals surface area contributed by atoms with Crippen LogP contribution in [0.3, 0.4) is 0 Å². The highest BCUT2D eigenvalue weighted by Gasteiger charge is 2.21. The highest BCUT2D eigenvalue weighted by Crippen LogP contribution is 2.12. The lowest BCUT2D eigenvalue weighted by Crippen LogP contribution is -2.49. The summed E-state index contributed by atoms with van der Waals surface area (Å²) in [6.07, 6.45) is 4.16. The van der Waals surface area contributed by atoms with Gasteiger partial charge in [0, 0.05) is 37.9 Å². The van der Waals surface area contributed by atoms with Crippen LogP contribution in [0.1, 0.15) is 39.3 Å². The third-order valence-corrected chi connectivity index (χ3v) is 4.07. The molecule has 5 nitrogen and oxygen atoms in total. The standard InChI is InChI=1S/C17H29N5.HI/c1-4-18-17(20-13-16-7-5-6-10-19-16)21-15-8-11-22(12-9-15)14(2)3;/h5-7,10,14-15H,4,8-9,11-13H2,1-3H3,(H2,18,20,21);1H. The number of hydrogen-bond acceptors (Lipinski definition) is 3. The zero-order chi connectivity index (χ0) is 15.8. The first kappa shape index (κ1) is 20.2. The Balaban J connectivity index is 0.00000264. The first-order valence-corrected chi connectivity index (χ1v) is 8.38. The smallest absolute Gasteiger partial charge is 0.191 e. The molecule has 130 valence electrons. The molecule has 1 fully saturated rings. The van der Waals surface area contributed by atoms with E-state index in [-0.39, 0.29) is 24.0 Å². The molecular formula is C17H30IN5. The first-order valence-electron chi connectivity index (χ1n) is 8.38. The molecule has 2 heterocycles. The largest absolute Gasteiger partial charge is 0.357 e. The van der Waals surface area contributed by atoms with Crippen LogP contribution in [0.2, 0.25) is 0 Å². The van der Waals surface area contributed by atoms with Gasteiger partial charge in [-0.15, -0.1) is 24.0 Å². The van der Waals surface area contributed by atoms with Gasteiger partial charge in [0.1, 0.15) is 0 Å². The number of pyridine rings is 1. The van der Waals surface area contributed by atoms with E-state index in [2.05, 4.69) is 46.3 Å². The SMILES string of the molecule is CCNC(=NCc1ccccn1)NC1CCN(C(C)C)CC1.I. The van der Waals surface area contributed by atoms with Crippen LogP contribution in [0.25, 0.3) is 0 Å². The number of hydrogen-bond donors (Lipinski definition) is 2. The average molecular weight is 431 g/mol. The summed E-state index contributed by atoms with van der Waals surface area (Å²) < 4.78 is 0. The number of nitrogens with zero attached hydrogens (tertiary/aromatic N) is 3. The van der Waals surface area contributed by atoms with Crippen molar-refractivity contribution in [2.24, 2.45) is 4.99 Å². The molecular weight excluding hydrogens is 401 g/mol. The molecule has 0 saturated carbocycles. The number of aromatic nitrogens is 1. The summed E-state index contributed by atoms with van der Waals surface area (Å²) in [6.45, 7) is 10.4. The van der Waals surface area contributed by atoms with Gasteiger partial charge < -0.3 is 15.5 Å². The van der Waals surface area contributed by atoms with Crippen LogP contribution in [0.5, 0.6) is 0 Å². The van der Waals surface area contributed by atoms with Crippen LogP contribution < -0.4 is 10.6 Å². The fraction of sp³-hybridized carbons (Fsp3) is 0.647. The van der Waals surface area contributed by atoms with E-state index in [4.69, 9.17) is 0 Å². The van der Waals surface area contributed by atoms with Crippen LogP contribution in [-0.4, -0.2) is 47.6 Å². The minimum Gasteiger partial charge on any atom is -0.357 e. The second-order valence-electron chi connectivity index (χ2n) is 6.06. The Labute approximate surface area is 157 Å².